The highest BCUT2D eigenvalue weighted by Gasteiger charge is 2.22. The van der Waals surface area contributed by atoms with Crippen molar-refractivity contribution in [1.82, 2.24) is 15.1 Å². The molecule has 1 aromatic heterocycles. The number of amides is 1. The molecule has 1 atom stereocenters. The van der Waals surface area contributed by atoms with E-state index in [2.05, 4.69) is 15.7 Å². The Kier molecular flexibility index (Phi) is 3.78. The first kappa shape index (κ1) is 12.1. The van der Waals surface area contributed by atoms with Crippen LogP contribution in [0.1, 0.15) is 25.5 Å². The summed E-state index contributed by atoms with van der Waals surface area (Å²) in [5.74, 6) is 0.202. The fourth-order valence-electron chi connectivity index (χ4n) is 2.21. The van der Waals surface area contributed by atoms with Crippen LogP contribution in [0.4, 0.5) is 5.69 Å². The van der Waals surface area contributed by atoms with Gasteiger partial charge in [-0.2, -0.15) is 5.10 Å². The molecule has 1 aliphatic rings. The van der Waals surface area contributed by atoms with Gasteiger partial charge in [0.1, 0.15) is 0 Å². The van der Waals surface area contributed by atoms with Crippen LogP contribution in [0.15, 0.2) is 6.20 Å². The molecular weight excluding hydrogens is 216 g/mol. The molecule has 17 heavy (non-hydrogen) atoms. The number of piperidine rings is 1. The van der Waals surface area contributed by atoms with Gasteiger partial charge in [0, 0.05) is 19.8 Å². The van der Waals surface area contributed by atoms with E-state index in [1.165, 1.54) is 0 Å². The Balaban J connectivity index is 2.01. The van der Waals surface area contributed by atoms with Crippen molar-refractivity contribution in [2.75, 3.05) is 18.4 Å². The highest BCUT2D eigenvalue weighted by Crippen LogP contribution is 2.17. The topological polar surface area (TPSA) is 59.0 Å². The first-order valence-electron chi connectivity index (χ1n) is 6.24. The van der Waals surface area contributed by atoms with Gasteiger partial charge in [-0.25, -0.2) is 0 Å². The van der Waals surface area contributed by atoms with Gasteiger partial charge in [-0.3, -0.25) is 9.48 Å². The minimum absolute atomic E-state index is 0.0914. The summed E-state index contributed by atoms with van der Waals surface area (Å²) in [5, 5.41) is 10.6. The average molecular weight is 236 g/mol. The van der Waals surface area contributed by atoms with E-state index in [9.17, 15) is 4.79 Å². The van der Waals surface area contributed by atoms with E-state index in [0.717, 1.165) is 43.7 Å². The molecule has 2 rings (SSSR count). The third kappa shape index (κ3) is 2.85. The molecule has 1 saturated heterocycles. The maximum Gasteiger partial charge on any atom is 0.228 e. The summed E-state index contributed by atoms with van der Waals surface area (Å²) in [7, 11) is 1.87. The van der Waals surface area contributed by atoms with E-state index < -0.39 is 0 Å². The van der Waals surface area contributed by atoms with Gasteiger partial charge in [-0.1, -0.05) is 6.92 Å². The van der Waals surface area contributed by atoms with Crippen LogP contribution >= 0.6 is 0 Å². The number of nitrogens with zero attached hydrogens (tertiary/aromatic N) is 2. The average Bonchev–Trinajstić information content (AvgIpc) is 2.70. The molecule has 5 heteroatoms. The summed E-state index contributed by atoms with van der Waals surface area (Å²) in [4.78, 5) is 12.1. The molecule has 0 spiro atoms. The van der Waals surface area contributed by atoms with Crippen LogP contribution in [-0.2, 0) is 18.3 Å². The second-order valence-corrected chi connectivity index (χ2v) is 4.55. The van der Waals surface area contributed by atoms with E-state index in [0.29, 0.717) is 0 Å². The fraction of sp³-hybridized carbons (Fsp3) is 0.667. The Morgan fingerprint density at radius 3 is 3.18 bits per heavy atom. The molecule has 1 amide bonds. The van der Waals surface area contributed by atoms with Crippen LogP contribution in [0.25, 0.3) is 0 Å². The quantitative estimate of drug-likeness (QED) is 0.820. The van der Waals surface area contributed by atoms with Gasteiger partial charge in [0.15, 0.2) is 0 Å². The lowest BCUT2D eigenvalue weighted by Gasteiger charge is -2.21. The molecule has 1 aromatic rings. The zero-order chi connectivity index (χ0) is 12.3. The first-order chi connectivity index (χ1) is 8.20. The number of nitrogens with one attached hydrogen (secondary N) is 2. The Bertz CT molecular complexity index is 393. The highest BCUT2D eigenvalue weighted by molar-refractivity contribution is 5.93. The van der Waals surface area contributed by atoms with Crippen molar-refractivity contribution in [3.8, 4) is 0 Å². The van der Waals surface area contributed by atoms with Gasteiger partial charge in [-0.15, -0.1) is 0 Å². The zero-order valence-corrected chi connectivity index (χ0v) is 10.5. The van der Waals surface area contributed by atoms with Gasteiger partial charge in [0.25, 0.3) is 0 Å². The Morgan fingerprint density at radius 1 is 1.71 bits per heavy atom. The van der Waals surface area contributed by atoms with Gasteiger partial charge in [0.05, 0.1) is 17.3 Å². The predicted octanol–water partition coefficient (Wildman–Crippen LogP) is 0.921. The van der Waals surface area contributed by atoms with Crippen LogP contribution in [0.2, 0.25) is 0 Å². The van der Waals surface area contributed by atoms with Crippen molar-refractivity contribution < 1.29 is 4.79 Å². The normalized spacial score (nSPS) is 20.2. The Morgan fingerprint density at radius 2 is 2.53 bits per heavy atom. The number of carbonyl (C=O) groups excluding carboxylic acids is 1. The maximum absolute atomic E-state index is 12.1. The summed E-state index contributed by atoms with van der Waals surface area (Å²) in [6.07, 6.45) is 4.75. The molecule has 2 N–H and O–H groups in total. The van der Waals surface area contributed by atoms with Crippen LogP contribution in [0, 0.1) is 5.92 Å². The van der Waals surface area contributed by atoms with Crippen LogP contribution in [-0.4, -0.2) is 28.8 Å². The molecular formula is C12H20N4O. The molecule has 5 nitrogen and oxygen atoms in total. The Hall–Kier alpha value is -1.36. The van der Waals surface area contributed by atoms with Crippen LogP contribution < -0.4 is 10.6 Å². The number of rotatable bonds is 3. The second-order valence-electron chi connectivity index (χ2n) is 4.55. The number of anilines is 1. The SMILES string of the molecule is CCc1nn(C)cc1NC(=O)[C@@H]1CCCNC1. The molecule has 94 valence electrons. The summed E-state index contributed by atoms with van der Waals surface area (Å²) in [6, 6.07) is 0. The minimum atomic E-state index is 0.0914. The molecule has 0 unspecified atom stereocenters. The van der Waals surface area contributed by atoms with Crippen molar-refractivity contribution in [2.24, 2.45) is 13.0 Å². The third-order valence-corrected chi connectivity index (χ3v) is 3.17. The number of hydrogen-bond donors (Lipinski definition) is 2. The van der Waals surface area contributed by atoms with E-state index in [4.69, 9.17) is 0 Å². The highest BCUT2D eigenvalue weighted by atomic mass is 16.1. The van der Waals surface area contributed by atoms with Crippen molar-refractivity contribution in [1.29, 1.82) is 0 Å². The van der Waals surface area contributed by atoms with Gasteiger partial charge in [0.2, 0.25) is 5.91 Å². The lowest BCUT2D eigenvalue weighted by molar-refractivity contribution is -0.120. The van der Waals surface area contributed by atoms with E-state index in [-0.39, 0.29) is 11.8 Å². The number of hydrogen-bond acceptors (Lipinski definition) is 3. The van der Waals surface area contributed by atoms with Gasteiger partial charge < -0.3 is 10.6 Å². The van der Waals surface area contributed by atoms with Crippen LogP contribution in [0.3, 0.4) is 0 Å². The number of aryl methyl sites for hydroxylation is 2. The summed E-state index contributed by atoms with van der Waals surface area (Å²) >= 11 is 0. The van der Waals surface area contributed by atoms with Crippen LogP contribution in [0.5, 0.6) is 0 Å². The molecule has 0 saturated carbocycles. The van der Waals surface area contributed by atoms with Gasteiger partial charge in [-0.05, 0) is 25.8 Å². The lowest BCUT2D eigenvalue weighted by atomic mass is 9.99. The molecule has 0 aliphatic carbocycles. The van der Waals surface area contributed by atoms with Crippen molar-refractivity contribution in [3.05, 3.63) is 11.9 Å². The predicted molar refractivity (Wildman–Crippen MR) is 66.8 cm³/mol. The fourth-order valence-corrected chi connectivity index (χ4v) is 2.21. The number of aromatic nitrogens is 2. The zero-order valence-electron chi connectivity index (χ0n) is 10.5. The largest absolute Gasteiger partial charge is 0.323 e. The van der Waals surface area contributed by atoms with Crippen molar-refractivity contribution in [3.63, 3.8) is 0 Å². The molecule has 0 radical (unpaired) electrons. The lowest BCUT2D eigenvalue weighted by Crippen LogP contribution is -2.37. The summed E-state index contributed by atoms with van der Waals surface area (Å²) in [5.41, 5.74) is 1.80. The Labute approximate surface area is 102 Å². The summed E-state index contributed by atoms with van der Waals surface area (Å²) in [6.45, 7) is 3.85. The second kappa shape index (κ2) is 5.31. The molecule has 0 aromatic carbocycles. The van der Waals surface area contributed by atoms with Gasteiger partial charge >= 0.3 is 0 Å². The molecule has 1 aliphatic heterocycles. The third-order valence-electron chi connectivity index (χ3n) is 3.17. The molecule has 1 fully saturated rings. The minimum Gasteiger partial charge on any atom is -0.323 e. The standard InChI is InChI=1S/C12H20N4O/c1-3-10-11(8-16(2)15-10)14-12(17)9-5-4-6-13-7-9/h8-9,13H,3-7H2,1-2H3,(H,14,17)/t9-/m1/s1. The van der Waals surface area contributed by atoms with E-state index in [1.807, 2.05) is 20.2 Å². The maximum atomic E-state index is 12.1. The molecule has 0 bridgehead atoms. The van der Waals surface area contributed by atoms with E-state index >= 15 is 0 Å². The monoisotopic (exact) mass is 236 g/mol. The molecule has 2 heterocycles. The van der Waals surface area contributed by atoms with E-state index in [1.54, 1.807) is 4.68 Å². The first-order valence-corrected chi connectivity index (χ1v) is 6.24. The smallest absolute Gasteiger partial charge is 0.228 e. The van der Waals surface area contributed by atoms with Crippen molar-refractivity contribution in [2.45, 2.75) is 26.2 Å². The number of carbonyl (C=O) groups is 1. The summed E-state index contributed by atoms with van der Waals surface area (Å²) < 4.78 is 1.74. The van der Waals surface area contributed by atoms with Crippen molar-refractivity contribution >= 4 is 11.6 Å².